The van der Waals surface area contributed by atoms with Crippen LogP contribution in [0.15, 0.2) is 30.3 Å². The monoisotopic (exact) mass is 343 g/mol. The topological polar surface area (TPSA) is 43.9 Å². The van der Waals surface area contributed by atoms with Crippen LogP contribution in [-0.4, -0.2) is 71.8 Å². The highest BCUT2D eigenvalue weighted by Gasteiger charge is 2.31. The van der Waals surface area contributed by atoms with Crippen molar-refractivity contribution < 1.29 is 9.59 Å². The smallest absolute Gasteiger partial charge is 0.239 e. The molecule has 2 saturated heterocycles. The molecule has 0 aromatic heterocycles. The molecule has 3 rings (SSSR count). The summed E-state index contributed by atoms with van der Waals surface area (Å²) in [5, 5.41) is 0. The Hall–Kier alpha value is -1.88. The number of carbonyl (C=O) groups excluding carboxylic acids is 2. The molecule has 136 valence electrons. The highest BCUT2D eigenvalue weighted by Crippen LogP contribution is 2.28. The van der Waals surface area contributed by atoms with Gasteiger partial charge in [-0.1, -0.05) is 30.3 Å². The van der Waals surface area contributed by atoms with Crippen molar-refractivity contribution in [2.45, 2.75) is 38.6 Å². The molecule has 25 heavy (non-hydrogen) atoms. The van der Waals surface area contributed by atoms with Crippen molar-refractivity contribution in [1.29, 1.82) is 0 Å². The molecule has 2 fully saturated rings. The van der Waals surface area contributed by atoms with Crippen LogP contribution < -0.4 is 0 Å². The second-order valence-electron chi connectivity index (χ2n) is 7.23. The van der Waals surface area contributed by atoms with Crippen molar-refractivity contribution in [1.82, 2.24) is 14.7 Å². The second-order valence-corrected chi connectivity index (χ2v) is 7.23. The van der Waals surface area contributed by atoms with Gasteiger partial charge in [0.15, 0.2) is 0 Å². The number of piperazine rings is 1. The minimum Gasteiger partial charge on any atom is -0.339 e. The van der Waals surface area contributed by atoms with E-state index in [-0.39, 0.29) is 17.9 Å². The summed E-state index contributed by atoms with van der Waals surface area (Å²) in [6, 6.07) is 10.6. The molecule has 1 aromatic rings. The summed E-state index contributed by atoms with van der Waals surface area (Å²) < 4.78 is 0. The van der Waals surface area contributed by atoms with Gasteiger partial charge in [0, 0.05) is 33.1 Å². The summed E-state index contributed by atoms with van der Waals surface area (Å²) in [5.41, 5.74) is 1.42. The first-order valence-corrected chi connectivity index (χ1v) is 9.39. The van der Waals surface area contributed by atoms with E-state index < -0.39 is 0 Å². The Morgan fingerprint density at radius 2 is 1.48 bits per heavy atom. The van der Waals surface area contributed by atoms with Gasteiger partial charge in [-0.3, -0.25) is 14.5 Å². The van der Waals surface area contributed by atoms with Crippen LogP contribution in [0.1, 0.15) is 38.2 Å². The Kier molecular flexibility index (Phi) is 5.74. The minimum absolute atomic E-state index is 0.0689. The molecule has 2 aliphatic heterocycles. The molecule has 0 saturated carbocycles. The first-order valence-electron chi connectivity index (χ1n) is 9.39. The fourth-order valence-electron chi connectivity index (χ4n) is 4.01. The Labute approximate surface area is 150 Å². The van der Waals surface area contributed by atoms with Crippen molar-refractivity contribution in [3.63, 3.8) is 0 Å². The SMILES string of the molecule is CC(=O)N1CCN(C(=O)C(C)N2CCC(c3ccccc3)CC2)CC1. The largest absolute Gasteiger partial charge is 0.339 e. The van der Waals surface area contributed by atoms with Crippen LogP contribution in [0.4, 0.5) is 0 Å². The predicted molar refractivity (Wildman–Crippen MR) is 98.3 cm³/mol. The van der Waals surface area contributed by atoms with Crippen molar-refractivity contribution in [2.75, 3.05) is 39.3 Å². The highest BCUT2D eigenvalue weighted by atomic mass is 16.2. The van der Waals surface area contributed by atoms with E-state index in [2.05, 4.69) is 35.2 Å². The Morgan fingerprint density at radius 1 is 0.920 bits per heavy atom. The molecule has 0 aliphatic carbocycles. The minimum atomic E-state index is -0.0689. The number of nitrogens with zero attached hydrogens (tertiary/aromatic N) is 3. The maximum absolute atomic E-state index is 12.8. The van der Waals surface area contributed by atoms with E-state index in [1.807, 2.05) is 16.7 Å². The van der Waals surface area contributed by atoms with Gasteiger partial charge < -0.3 is 9.80 Å². The van der Waals surface area contributed by atoms with Crippen LogP contribution in [0.5, 0.6) is 0 Å². The number of likely N-dealkylation sites (tertiary alicyclic amines) is 1. The summed E-state index contributed by atoms with van der Waals surface area (Å²) in [6.45, 7) is 8.19. The molecule has 2 aliphatic rings. The van der Waals surface area contributed by atoms with E-state index in [1.54, 1.807) is 6.92 Å². The van der Waals surface area contributed by atoms with Crippen LogP contribution in [0.3, 0.4) is 0 Å². The van der Waals surface area contributed by atoms with E-state index >= 15 is 0 Å². The summed E-state index contributed by atoms with van der Waals surface area (Å²) in [6.07, 6.45) is 2.22. The van der Waals surface area contributed by atoms with Gasteiger partial charge in [0.2, 0.25) is 11.8 Å². The first kappa shape index (κ1) is 17.9. The maximum atomic E-state index is 12.8. The van der Waals surface area contributed by atoms with Gasteiger partial charge in [-0.2, -0.15) is 0 Å². The van der Waals surface area contributed by atoms with Gasteiger partial charge in [-0.25, -0.2) is 0 Å². The van der Waals surface area contributed by atoms with Crippen molar-refractivity contribution >= 4 is 11.8 Å². The van der Waals surface area contributed by atoms with Crippen LogP contribution in [0.25, 0.3) is 0 Å². The number of hydrogen-bond donors (Lipinski definition) is 0. The van der Waals surface area contributed by atoms with Gasteiger partial charge >= 0.3 is 0 Å². The molecule has 5 heteroatoms. The van der Waals surface area contributed by atoms with Crippen LogP contribution in [0, 0.1) is 0 Å². The first-order chi connectivity index (χ1) is 12.1. The normalized spacial score (nSPS) is 21.2. The maximum Gasteiger partial charge on any atom is 0.239 e. The van der Waals surface area contributed by atoms with Crippen LogP contribution >= 0.6 is 0 Å². The zero-order chi connectivity index (χ0) is 17.8. The molecular formula is C20H29N3O2. The molecular weight excluding hydrogens is 314 g/mol. The highest BCUT2D eigenvalue weighted by molar-refractivity contribution is 5.82. The van der Waals surface area contributed by atoms with E-state index in [4.69, 9.17) is 0 Å². The summed E-state index contributed by atoms with van der Waals surface area (Å²) in [5.74, 6) is 0.920. The second kappa shape index (κ2) is 8.00. The van der Waals surface area contributed by atoms with Crippen molar-refractivity contribution in [3.8, 4) is 0 Å². The lowest BCUT2D eigenvalue weighted by molar-refractivity contribution is -0.142. The van der Waals surface area contributed by atoms with E-state index in [9.17, 15) is 9.59 Å². The predicted octanol–water partition coefficient (Wildman–Crippen LogP) is 1.95. The molecule has 5 nitrogen and oxygen atoms in total. The molecule has 0 spiro atoms. The summed E-state index contributed by atoms with van der Waals surface area (Å²) in [4.78, 5) is 30.3. The Morgan fingerprint density at radius 3 is 2.04 bits per heavy atom. The number of benzene rings is 1. The Bertz CT molecular complexity index is 588. The van der Waals surface area contributed by atoms with Gasteiger partial charge in [-0.15, -0.1) is 0 Å². The summed E-state index contributed by atoms with van der Waals surface area (Å²) in [7, 11) is 0. The van der Waals surface area contributed by atoms with Gasteiger partial charge in [0.05, 0.1) is 6.04 Å². The lowest BCUT2D eigenvalue weighted by atomic mass is 9.89. The van der Waals surface area contributed by atoms with Gasteiger partial charge in [0.25, 0.3) is 0 Å². The fourth-order valence-corrected chi connectivity index (χ4v) is 4.01. The molecule has 0 bridgehead atoms. The van der Waals surface area contributed by atoms with Gasteiger partial charge in [0.1, 0.15) is 0 Å². The zero-order valence-corrected chi connectivity index (χ0v) is 15.4. The van der Waals surface area contributed by atoms with Crippen molar-refractivity contribution in [2.24, 2.45) is 0 Å². The lowest BCUT2D eigenvalue weighted by Crippen LogP contribution is -2.55. The molecule has 1 aromatic carbocycles. The molecule has 1 atom stereocenters. The lowest BCUT2D eigenvalue weighted by Gasteiger charge is -2.40. The average Bonchev–Trinajstić information content (AvgIpc) is 2.67. The molecule has 2 heterocycles. The standard InChI is InChI=1S/C20H29N3O2/c1-16(20(25)23-14-12-22(13-15-23)17(2)24)21-10-8-19(9-11-21)18-6-4-3-5-7-18/h3-7,16,19H,8-15H2,1-2H3. The molecule has 1 unspecified atom stereocenters. The Balaban J connectivity index is 1.50. The van der Waals surface area contributed by atoms with Crippen LogP contribution in [0.2, 0.25) is 0 Å². The van der Waals surface area contributed by atoms with Crippen molar-refractivity contribution in [3.05, 3.63) is 35.9 Å². The number of hydrogen-bond acceptors (Lipinski definition) is 3. The van der Waals surface area contributed by atoms with E-state index in [1.165, 1.54) is 5.56 Å². The van der Waals surface area contributed by atoms with E-state index in [0.29, 0.717) is 32.1 Å². The summed E-state index contributed by atoms with van der Waals surface area (Å²) >= 11 is 0. The third kappa shape index (κ3) is 4.21. The fraction of sp³-hybridized carbons (Fsp3) is 0.600. The molecule has 0 N–H and O–H groups in total. The van der Waals surface area contributed by atoms with E-state index in [0.717, 1.165) is 25.9 Å². The van der Waals surface area contributed by atoms with Gasteiger partial charge in [-0.05, 0) is 44.3 Å². The zero-order valence-electron chi connectivity index (χ0n) is 15.4. The molecule has 0 radical (unpaired) electrons. The molecule has 2 amide bonds. The quantitative estimate of drug-likeness (QED) is 0.842. The third-order valence-electron chi connectivity index (χ3n) is 5.74. The number of amides is 2. The number of piperidine rings is 1. The van der Waals surface area contributed by atoms with Crippen LogP contribution in [-0.2, 0) is 9.59 Å². The third-order valence-corrected chi connectivity index (χ3v) is 5.74. The number of carbonyl (C=O) groups is 2. The number of rotatable bonds is 3. The average molecular weight is 343 g/mol.